The van der Waals surface area contributed by atoms with Crippen LogP contribution in [0.3, 0.4) is 0 Å². The minimum atomic E-state index is -0.284. The molecule has 2 amide bonds. The molecule has 1 saturated heterocycles. The lowest BCUT2D eigenvalue weighted by Crippen LogP contribution is -2.46. The van der Waals surface area contributed by atoms with Gasteiger partial charge in [-0.05, 0) is 42.9 Å². The molecule has 1 N–H and O–H groups in total. The van der Waals surface area contributed by atoms with Crippen molar-refractivity contribution in [2.75, 3.05) is 13.1 Å². The van der Waals surface area contributed by atoms with E-state index < -0.39 is 0 Å². The van der Waals surface area contributed by atoms with E-state index in [1.165, 1.54) is 12.1 Å². The van der Waals surface area contributed by atoms with Crippen LogP contribution in [0.15, 0.2) is 34.9 Å². The lowest BCUT2D eigenvalue weighted by Gasteiger charge is -2.32. The van der Waals surface area contributed by atoms with Gasteiger partial charge in [0.25, 0.3) is 0 Å². The number of nitrogens with one attached hydrogen (secondary N) is 1. The summed E-state index contributed by atoms with van der Waals surface area (Å²) in [5.41, 5.74) is 1.72. The smallest absolute Gasteiger partial charge is 0.225 e. The lowest BCUT2D eigenvalue weighted by atomic mass is 9.96. The standard InChI is InChI=1S/C22H28FN3O3/c1-15(2)10-19-12-20(29-25-19)13-24-22(28)17-6-7-21(27)26(14-17)9-8-16-4-3-5-18(23)11-16/h3-5,11-12,15,17H,6-10,13-14H2,1-2H3,(H,24,28)/t17-/m0/s1. The van der Waals surface area contributed by atoms with Crippen LogP contribution in [0.2, 0.25) is 0 Å². The van der Waals surface area contributed by atoms with Gasteiger partial charge in [0.15, 0.2) is 5.76 Å². The summed E-state index contributed by atoms with van der Waals surface area (Å²) in [5.74, 6) is 0.533. The van der Waals surface area contributed by atoms with Crippen LogP contribution in [0.1, 0.15) is 43.7 Å². The normalized spacial score (nSPS) is 17.0. The molecule has 1 aliphatic heterocycles. The van der Waals surface area contributed by atoms with Crippen LogP contribution < -0.4 is 5.32 Å². The third kappa shape index (κ3) is 6.14. The number of piperidine rings is 1. The zero-order valence-corrected chi connectivity index (χ0v) is 17.0. The molecule has 0 aliphatic carbocycles. The zero-order chi connectivity index (χ0) is 20.8. The number of aromatic nitrogens is 1. The predicted octanol–water partition coefficient (Wildman–Crippen LogP) is 3.11. The molecule has 29 heavy (non-hydrogen) atoms. The summed E-state index contributed by atoms with van der Waals surface area (Å²) in [7, 11) is 0. The quantitative estimate of drug-likeness (QED) is 0.738. The highest BCUT2D eigenvalue weighted by atomic mass is 19.1. The third-order valence-electron chi connectivity index (χ3n) is 5.09. The summed E-state index contributed by atoms with van der Waals surface area (Å²) in [6.45, 7) is 5.38. The Hall–Kier alpha value is -2.70. The number of rotatable bonds is 8. The maximum Gasteiger partial charge on any atom is 0.225 e. The van der Waals surface area contributed by atoms with Crippen LogP contribution in [-0.2, 0) is 29.0 Å². The molecule has 1 atom stereocenters. The Morgan fingerprint density at radius 1 is 1.38 bits per heavy atom. The second-order valence-corrected chi connectivity index (χ2v) is 8.06. The summed E-state index contributed by atoms with van der Waals surface area (Å²) in [6.07, 6.45) is 2.29. The van der Waals surface area contributed by atoms with E-state index in [9.17, 15) is 14.0 Å². The first-order valence-corrected chi connectivity index (χ1v) is 10.1. The lowest BCUT2D eigenvalue weighted by molar-refractivity contribution is -0.138. The molecule has 0 spiro atoms. The highest BCUT2D eigenvalue weighted by molar-refractivity contribution is 5.83. The van der Waals surface area contributed by atoms with E-state index in [1.807, 2.05) is 12.1 Å². The number of hydrogen-bond acceptors (Lipinski definition) is 4. The SMILES string of the molecule is CC(C)Cc1cc(CNC(=O)[C@H]2CCC(=O)N(CCc3cccc(F)c3)C2)on1. The van der Waals surface area contributed by atoms with Crippen LogP contribution in [0, 0.1) is 17.7 Å². The van der Waals surface area contributed by atoms with E-state index in [2.05, 4.69) is 24.3 Å². The van der Waals surface area contributed by atoms with Crippen molar-refractivity contribution < 1.29 is 18.5 Å². The molecular weight excluding hydrogens is 373 g/mol. The monoisotopic (exact) mass is 401 g/mol. The summed E-state index contributed by atoms with van der Waals surface area (Å²) in [6, 6.07) is 8.25. The minimum Gasteiger partial charge on any atom is -0.359 e. The van der Waals surface area contributed by atoms with Gasteiger partial charge in [0, 0.05) is 25.6 Å². The Morgan fingerprint density at radius 3 is 2.97 bits per heavy atom. The molecule has 2 heterocycles. The molecule has 0 bridgehead atoms. The van der Waals surface area contributed by atoms with Gasteiger partial charge in [-0.1, -0.05) is 31.1 Å². The van der Waals surface area contributed by atoms with Crippen LogP contribution in [0.4, 0.5) is 4.39 Å². The first-order valence-electron chi connectivity index (χ1n) is 10.1. The number of hydrogen-bond donors (Lipinski definition) is 1. The van der Waals surface area contributed by atoms with Crippen molar-refractivity contribution in [2.45, 2.75) is 46.1 Å². The number of halogens is 1. The molecule has 1 fully saturated rings. The number of carbonyl (C=O) groups excluding carboxylic acids is 2. The fraction of sp³-hybridized carbons (Fsp3) is 0.500. The molecule has 0 unspecified atom stereocenters. The summed E-state index contributed by atoms with van der Waals surface area (Å²) in [5, 5.41) is 6.91. The minimum absolute atomic E-state index is 0.0408. The number of carbonyl (C=O) groups is 2. The Kier molecular flexibility index (Phi) is 7.01. The number of amides is 2. The van der Waals surface area contributed by atoms with Gasteiger partial charge < -0.3 is 14.7 Å². The average molecular weight is 401 g/mol. The molecule has 6 nitrogen and oxygen atoms in total. The Bertz CT molecular complexity index is 849. The fourth-order valence-electron chi connectivity index (χ4n) is 3.57. The van der Waals surface area contributed by atoms with Gasteiger partial charge in [-0.15, -0.1) is 0 Å². The molecule has 2 aromatic rings. The van der Waals surface area contributed by atoms with E-state index in [1.54, 1.807) is 11.0 Å². The van der Waals surface area contributed by atoms with E-state index in [-0.39, 0.29) is 30.1 Å². The van der Waals surface area contributed by atoms with Gasteiger partial charge in [0.1, 0.15) is 5.82 Å². The highest BCUT2D eigenvalue weighted by Gasteiger charge is 2.30. The summed E-state index contributed by atoms with van der Waals surface area (Å²) in [4.78, 5) is 26.5. The molecule has 0 saturated carbocycles. The Labute approximate surface area is 170 Å². The second-order valence-electron chi connectivity index (χ2n) is 8.06. The Balaban J connectivity index is 1.49. The summed E-state index contributed by atoms with van der Waals surface area (Å²) < 4.78 is 18.6. The maximum atomic E-state index is 13.3. The van der Waals surface area contributed by atoms with Crippen LogP contribution in [-0.4, -0.2) is 35.0 Å². The molecule has 3 rings (SSSR count). The van der Waals surface area contributed by atoms with Gasteiger partial charge in [0.2, 0.25) is 11.8 Å². The van der Waals surface area contributed by atoms with Gasteiger partial charge in [-0.25, -0.2) is 4.39 Å². The molecule has 1 aromatic heterocycles. The van der Waals surface area contributed by atoms with Gasteiger partial charge >= 0.3 is 0 Å². The predicted molar refractivity (Wildman–Crippen MR) is 106 cm³/mol. The first-order chi connectivity index (χ1) is 13.9. The molecule has 156 valence electrons. The van der Waals surface area contributed by atoms with Crippen molar-refractivity contribution >= 4 is 11.8 Å². The molecule has 7 heteroatoms. The van der Waals surface area contributed by atoms with Crippen molar-refractivity contribution in [1.29, 1.82) is 0 Å². The number of likely N-dealkylation sites (tertiary alicyclic amines) is 1. The largest absolute Gasteiger partial charge is 0.359 e. The van der Waals surface area contributed by atoms with Crippen molar-refractivity contribution in [2.24, 2.45) is 11.8 Å². The average Bonchev–Trinajstić information content (AvgIpc) is 3.12. The van der Waals surface area contributed by atoms with E-state index in [0.29, 0.717) is 44.0 Å². The third-order valence-corrected chi connectivity index (χ3v) is 5.09. The molecule has 1 aromatic carbocycles. The number of nitrogens with zero attached hydrogens (tertiary/aromatic N) is 2. The molecular formula is C22H28FN3O3. The van der Waals surface area contributed by atoms with E-state index >= 15 is 0 Å². The van der Waals surface area contributed by atoms with E-state index in [0.717, 1.165) is 17.7 Å². The van der Waals surface area contributed by atoms with Crippen molar-refractivity contribution in [3.8, 4) is 0 Å². The Morgan fingerprint density at radius 2 is 2.21 bits per heavy atom. The highest BCUT2D eigenvalue weighted by Crippen LogP contribution is 2.19. The van der Waals surface area contributed by atoms with Gasteiger partial charge in [-0.2, -0.15) is 0 Å². The van der Waals surface area contributed by atoms with E-state index in [4.69, 9.17) is 4.52 Å². The fourth-order valence-corrected chi connectivity index (χ4v) is 3.57. The van der Waals surface area contributed by atoms with Crippen molar-refractivity contribution in [1.82, 2.24) is 15.4 Å². The molecule has 1 aliphatic rings. The summed E-state index contributed by atoms with van der Waals surface area (Å²) >= 11 is 0. The zero-order valence-electron chi connectivity index (χ0n) is 17.0. The first kappa shape index (κ1) is 21.0. The van der Waals surface area contributed by atoms with Crippen molar-refractivity contribution in [3.05, 3.63) is 53.2 Å². The van der Waals surface area contributed by atoms with Crippen molar-refractivity contribution in [3.63, 3.8) is 0 Å². The van der Waals surface area contributed by atoms with Gasteiger partial charge in [0.05, 0.1) is 18.2 Å². The molecule has 0 radical (unpaired) electrons. The number of benzene rings is 1. The van der Waals surface area contributed by atoms with Crippen LogP contribution >= 0.6 is 0 Å². The second kappa shape index (κ2) is 9.67. The van der Waals surface area contributed by atoms with Gasteiger partial charge in [-0.3, -0.25) is 9.59 Å². The maximum absolute atomic E-state index is 13.3. The van der Waals surface area contributed by atoms with Crippen LogP contribution in [0.5, 0.6) is 0 Å². The van der Waals surface area contributed by atoms with Crippen LogP contribution in [0.25, 0.3) is 0 Å². The topological polar surface area (TPSA) is 75.4 Å².